The summed E-state index contributed by atoms with van der Waals surface area (Å²) in [5.41, 5.74) is 0. The van der Waals surface area contributed by atoms with E-state index in [2.05, 4.69) is 31.9 Å². The number of thiophene rings is 1. The summed E-state index contributed by atoms with van der Waals surface area (Å²) >= 11 is 5.37. The fraction of sp³-hybridized carbons (Fsp3) is 0.200. The Hall–Kier alpha value is 0.946. The van der Waals surface area contributed by atoms with Crippen LogP contribution in [0.15, 0.2) is 12.1 Å². The van der Waals surface area contributed by atoms with E-state index in [4.69, 9.17) is 0 Å². The predicted molar refractivity (Wildman–Crippen MR) is 43.4 cm³/mol. The van der Waals surface area contributed by atoms with Crippen LogP contribution >= 0.6 is 24.2 Å². The van der Waals surface area contributed by atoms with E-state index >= 15 is 0 Å². The van der Waals surface area contributed by atoms with Crippen molar-refractivity contribution in [3.05, 3.63) is 17.0 Å². The summed E-state index contributed by atoms with van der Waals surface area (Å²) in [6.45, 7) is 2.14. The Balaban J connectivity index is 2.84. The maximum Gasteiger partial charge on any atom is 0.522 e. The van der Waals surface area contributed by atoms with Gasteiger partial charge in [0.15, 0.2) is 0 Å². The molecule has 0 saturated carbocycles. The molecule has 0 aromatic carbocycles. The van der Waals surface area contributed by atoms with Gasteiger partial charge in [-0.1, -0.05) is 12.1 Å². The van der Waals surface area contributed by atoms with Crippen molar-refractivity contribution in [3.8, 4) is 0 Å². The first kappa shape index (κ1) is 7.06. The second-order valence-electron chi connectivity index (χ2n) is 1.65. The van der Waals surface area contributed by atoms with E-state index in [9.17, 15) is 0 Å². The van der Waals surface area contributed by atoms with Crippen molar-refractivity contribution in [2.45, 2.75) is 6.92 Å². The number of hydrogen-bond acceptors (Lipinski definition) is 1. The lowest BCUT2D eigenvalue weighted by Gasteiger charge is -1.77. The third kappa shape index (κ3) is 1.72. The Kier molecular flexibility index (Phi) is 2.82. The van der Waals surface area contributed by atoms with Crippen LogP contribution in [0.5, 0.6) is 0 Å². The lowest BCUT2D eigenvalue weighted by molar-refractivity contribution is 1.64. The first-order chi connectivity index (χ1) is 3.83. The molecule has 1 aromatic rings. The van der Waals surface area contributed by atoms with Gasteiger partial charge in [0, 0.05) is 0 Å². The summed E-state index contributed by atoms with van der Waals surface area (Å²) in [6, 6.07) is 4.38. The average Bonchev–Trinajstić information content (AvgIpc) is 2.14. The average molecular weight is 201 g/mol. The molecule has 0 spiro atoms. The van der Waals surface area contributed by atoms with Gasteiger partial charge in [0.25, 0.3) is 0 Å². The molecule has 1 rings (SSSR count). The van der Waals surface area contributed by atoms with Gasteiger partial charge in [0.05, 0.1) is 0 Å². The van der Waals surface area contributed by atoms with Crippen LogP contribution in [0, 0.1) is 6.92 Å². The number of halogens is 1. The van der Waals surface area contributed by atoms with Crippen LogP contribution in [0.1, 0.15) is 4.88 Å². The molecule has 40 valence electrons. The summed E-state index contributed by atoms with van der Waals surface area (Å²) < 4.78 is 1.54. The van der Waals surface area contributed by atoms with E-state index in [1.54, 1.807) is 3.01 Å². The molecule has 0 fully saturated rings. The lowest BCUT2D eigenvalue weighted by Crippen LogP contribution is -1.98. The summed E-state index contributed by atoms with van der Waals surface area (Å²) in [6.07, 6.45) is 0. The van der Waals surface area contributed by atoms with E-state index in [0.717, 1.165) is 0 Å². The molecule has 8 heavy (non-hydrogen) atoms. The zero-order valence-electron chi connectivity index (χ0n) is 4.65. The van der Waals surface area contributed by atoms with E-state index < -0.39 is 0 Å². The molecular weight excluding hydrogens is 196 g/mol. The van der Waals surface area contributed by atoms with Crippen molar-refractivity contribution >= 4 is 45.4 Å². The Morgan fingerprint density at radius 3 is 2.62 bits per heavy atom. The minimum absolute atomic E-state index is 0.0569. The van der Waals surface area contributed by atoms with Gasteiger partial charge in [0.1, 0.15) is 0 Å². The summed E-state index contributed by atoms with van der Waals surface area (Å²) in [4.78, 5) is 1.42. The topological polar surface area (TPSA) is 0 Å². The van der Waals surface area contributed by atoms with E-state index in [0.29, 0.717) is 0 Å². The standard InChI is InChI=1S/C5H5S.BrH.Mg/c1-5-3-2-4-6-5;;/h2-3H,1H3;1H;/q;;+1/p-1. The molecule has 0 aliphatic heterocycles. The highest BCUT2D eigenvalue weighted by atomic mass is 79.9. The molecule has 0 unspecified atom stereocenters. The first-order valence-corrected chi connectivity index (χ1v) is 7.86. The van der Waals surface area contributed by atoms with Gasteiger partial charge in [0.2, 0.25) is 0 Å². The second kappa shape index (κ2) is 3.20. The lowest BCUT2D eigenvalue weighted by atomic mass is 10.5. The Morgan fingerprint density at radius 2 is 2.38 bits per heavy atom. The summed E-state index contributed by atoms with van der Waals surface area (Å²) in [5, 5.41) is 0. The van der Waals surface area contributed by atoms with E-state index in [1.807, 2.05) is 11.3 Å². The monoisotopic (exact) mass is 200 g/mol. The second-order valence-corrected chi connectivity index (χ2v) is 6.24. The minimum atomic E-state index is -0.0569. The van der Waals surface area contributed by atoms with Gasteiger partial charge < -0.3 is 0 Å². The van der Waals surface area contributed by atoms with Crippen LogP contribution in [0.25, 0.3) is 0 Å². The van der Waals surface area contributed by atoms with Crippen LogP contribution < -0.4 is 3.01 Å². The largest absolute Gasteiger partial charge is 0.522 e. The highest BCUT2D eigenvalue weighted by molar-refractivity contribution is 9.23. The summed E-state index contributed by atoms with van der Waals surface area (Å²) in [5.74, 6) is 0. The predicted octanol–water partition coefficient (Wildman–Crippen LogP) is 1.70. The molecule has 0 aliphatic rings. The molecule has 1 aromatic heterocycles. The fourth-order valence-corrected chi connectivity index (χ4v) is 3.94. The molecule has 0 amide bonds. The maximum absolute atomic E-state index is 3.52. The number of aryl methyl sites for hydroxylation is 1. The molecule has 1 heterocycles. The molecule has 0 nitrogen and oxygen atoms in total. The molecule has 0 bridgehead atoms. The molecule has 0 N–H and O–H groups in total. The SMILES string of the molecule is Cc1cc[c]([Mg][Br])s1. The maximum atomic E-state index is 3.52. The molecular formula is C5H5BrMgS. The summed E-state index contributed by atoms with van der Waals surface area (Å²) in [7, 11) is 0. The molecule has 0 aliphatic carbocycles. The zero-order chi connectivity index (χ0) is 5.98. The van der Waals surface area contributed by atoms with Crippen molar-refractivity contribution in [1.82, 2.24) is 0 Å². The third-order valence-electron chi connectivity index (χ3n) is 0.928. The quantitative estimate of drug-likeness (QED) is 0.607. The van der Waals surface area contributed by atoms with Gasteiger partial charge in [-0.05, 0) is 11.8 Å². The highest BCUT2D eigenvalue weighted by Gasteiger charge is 1.95. The molecule has 0 saturated heterocycles. The Labute approximate surface area is 68.9 Å². The van der Waals surface area contributed by atoms with Crippen LogP contribution in [0.4, 0.5) is 0 Å². The van der Waals surface area contributed by atoms with Crippen molar-refractivity contribution in [1.29, 1.82) is 0 Å². The van der Waals surface area contributed by atoms with Crippen molar-refractivity contribution in [2.24, 2.45) is 0 Å². The number of hydrogen-bond donors (Lipinski definition) is 0. The first-order valence-electron chi connectivity index (χ1n) is 2.44. The van der Waals surface area contributed by atoms with Crippen molar-refractivity contribution in [3.63, 3.8) is 0 Å². The van der Waals surface area contributed by atoms with Gasteiger partial charge >= 0.3 is 18.2 Å². The third-order valence-corrected chi connectivity index (χ3v) is 6.07. The zero-order valence-corrected chi connectivity index (χ0v) is 8.46. The van der Waals surface area contributed by atoms with Crippen LogP contribution in [-0.2, 0) is 0 Å². The Morgan fingerprint density at radius 1 is 1.62 bits per heavy atom. The van der Waals surface area contributed by atoms with E-state index in [-0.39, 0.29) is 18.2 Å². The van der Waals surface area contributed by atoms with E-state index in [1.165, 1.54) is 4.88 Å². The van der Waals surface area contributed by atoms with Gasteiger partial charge in [-0.3, -0.25) is 12.9 Å². The van der Waals surface area contributed by atoms with Crippen LogP contribution in [-0.4, -0.2) is 18.2 Å². The van der Waals surface area contributed by atoms with Gasteiger partial charge in [-0.2, -0.15) is 11.3 Å². The fourth-order valence-electron chi connectivity index (χ4n) is 0.557. The van der Waals surface area contributed by atoms with Crippen molar-refractivity contribution in [2.75, 3.05) is 0 Å². The smallest absolute Gasteiger partial charge is 0.295 e. The van der Waals surface area contributed by atoms with Crippen LogP contribution in [0.3, 0.4) is 0 Å². The molecule has 0 radical (unpaired) electrons. The van der Waals surface area contributed by atoms with Gasteiger partial charge in [-0.15, -0.1) is 3.01 Å². The van der Waals surface area contributed by atoms with Crippen molar-refractivity contribution < 1.29 is 0 Å². The highest BCUT2D eigenvalue weighted by Crippen LogP contribution is 2.03. The number of rotatable bonds is 1. The molecule has 0 atom stereocenters. The van der Waals surface area contributed by atoms with Gasteiger partial charge in [-0.25, -0.2) is 0 Å². The normalized spacial score (nSPS) is 8.75. The minimum Gasteiger partial charge on any atom is -0.295 e. The van der Waals surface area contributed by atoms with Crippen LogP contribution in [0.2, 0.25) is 0 Å². The Bertz CT molecular complexity index is 173. The molecule has 3 heteroatoms.